The van der Waals surface area contributed by atoms with Crippen molar-refractivity contribution in [3.8, 4) is 0 Å². The quantitative estimate of drug-likeness (QED) is 0.741. The summed E-state index contributed by atoms with van der Waals surface area (Å²) in [6.45, 7) is 15.5. The molecular formula is C17H34N4. The first-order valence-electron chi connectivity index (χ1n) is 8.30. The highest BCUT2D eigenvalue weighted by Gasteiger charge is 2.10. The van der Waals surface area contributed by atoms with Crippen molar-refractivity contribution < 1.29 is 0 Å². The number of aryl methyl sites for hydroxylation is 2. The van der Waals surface area contributed by atoms with Crippen LogP contribution >= 0.6 is 0 Å². The van der Waals surface area contributed by atoms with E-state index in [2.05, 4.69) is 63.4 Å². The van der Waals surface area contributed by atoms with Crippen LogP contribution in [0.5, 0.6) is 0 Å². The van der Waals surface area contributed by atoms with Crippen molar-refractivity contribution in [1.29, 1.82) is 0 Å². The van der Waals surface area contributed by atoms with Crippen LogP contribution in [0.15, 0.2) is 6.20 Å². The highest BCUT2D eigenvalue weighted by Crippen LogP contribution is 2.21. The predicted octanol–water partition coefficient (Wildman–Crippen LogP) is 3.82. The third-order valence-electron chi connectivity index (χ3n) is 3.42. The van der Waals surface area contributed by atoms with Gasteiger partial charge in [0, 0.05) is 18.3 Å². The van der Waals surface area contributed by atoms with E-state index >= 15 is 0 Å². The summed E-state index contributed by atoms with van der Waals surface area (Å²) in [6.07, 6.45) is 7.94. The Labute approximate surface area is 130 Å². The van der Waals surface area contributed by atoms with Crippen molar-refractivity contribution in [2.45, 2.75) is 85.7 Å². The number of hydrogen-bond acceptors (Lipinski definition) is 3. The zero-order valence-electron chi connectivity index (χ0n) is 14.9. The summed E-state index contributed by atoms with van der Waals surface area (Å²) >= 11 is 0. The average Bonchev–Trinajstić information content (AvgIpc) is 2.76. The molecule has 0 saturated carbocycles. The first kappa shape index (κ1) is 18.1. The molecule has 0 atom stereocenters. The normalized spacial score (nSPS) is 12.9. The summed E-state index contributed by atoms with van der Waals surface area (Å²) in [5, 5.41) is 12.0. The average molecular weight is 294 g/mol. The van der Waals surface area contributed by atoms with Gasteiger partial charge in [-0.2, -0.15) is 0 Å². The number of nitrogens with one attached hydrogen (secondary N) is 1. The molecule has 1 rings (SSSR count). The van der Waals surface area contributed by atoms with Gasteiger partial charge in [-0.3, -0.25) is 4.68 Å². The molecule has 0 fully saturated rings. The van der Waals surface area contributed by atoms with E-state index in [1.165, 1.54) is 19.3 Å². The van der Waals surface area contributed by atoms with Gasteiger partial charge in [0.15, 0.2) is 0 Å². The zero-order valence-corrected chi connectivity index (χ0v) is 14.9. The number of hydrogen-bond donors (Lipinski definition) is 1. The van der Waals surface area contributed by atoms with Crippen LogP contribution in [0.25, 0.3) is 0 Å². The molecule has 0 aliphatic carbocycles. The van der Waals surface area contributed by atoms with Gasteiger partial charge in [-0.25, -0.2) is 0 Å². The van der Waals surface area contributed by atoms with Crippen LogP contribution in [-0.2, 0) is 13.0 Å². The van der Waals surface area contributed by atoms with Crippen molar-refractivity contribution in [2.75, 3.05) is 6.54 Å². The monoisotopic (exact) mass is 294 g/mol. The summed E-state index contributed by atoms with van der Waals surface area (Å²) in [4.78, 5) is 0. The molecule has 0 aliphatic heterocycles. The Morgan fingerprint density at radius 1 is 1.05 bits per heavy atom. The number of unbranched alkanes of at least 4 members (excludes halogenated alkanes) is 1. The van der Waals surface area contributed by atoms with Crippen molar-refractivity contribution in [3.05, 3.63) is 11.9 Å². The van der Waals surface area contributed by atoms with E-state index in [1.54, 1.807) is 0 Å². The van der Waals surface area contributed by atoms with E-state index in [0.29, 0.717) is 5.41 Å². The maximum Gasteiger partial charge on any atom is 0.0827 e. The number of nitrogens with zero attached hydrogens (tertiary/aromatic N) is 3. The van der Waals surface area contributed by atoms with Crippen molar-refractivity contribution in [2.24, 2.45) is 5.41 Å². The van der Waals surface area contributed by atoms with Gasteiger partial charge in [-0.1, -0.05) is 32.4 Å². The van der Waals surface area contributed by atoms with Gasteiger partial charge in [0.05, 0.1) is 5.69 Å². The lowest BCUT2D eigenvalue weighted by Gasteiger charge is -2.20. The summed E-state index contributed by atoms with van der Waals surface area (Å²) in [5.41, 5.74) is 1.75. The molecule has 1 aromatic heterocycles. The summed E-state index contributed by atoms with van der Waals surface area (Å²) < 4.78 is 2.00. The Kier molecular flexibility index (Phi) is 6.85. The Balaban J connectivity index is 2.18. The minimum Gasteiger partial charge on any atom is -0.312 e. The zero-order chi connectivity index (χ0) is 15.9. The molecule has 122 valence electrons. The predicted molar refractivity (Wildman–Crippen MR) is 89.4 cm³/mol. The largest absolute Gasteiger partial charge is 0.312 e. The molecule has 1 aromatic rings. The Morgan fingerprint density at radius 2 is 1.76 bits per heavy atom. The second-order valence-electron chi connectivity index (χ2n) is 8.27. The molecule has 1 N–H and O–H groups in total. The third kappa shape index (κ3) is 9.62. The highest BCUT2D eigenvalue weighted by atomic mass is 15.4. The Bertz CT molecular complexity index is 359. The molecule has 4 nitrogen and oxygen atoms in total. The van der Waals surface area contributed by atoms with Crippen molar-refractivity contribution in [3.63, 3.8) is 0 Å². The van der Waals surface area contributed by atoms with Gasteiger partial charge in [-0.15, -0.1) is 5.10 Å². The molecule has 0 spiro atoms. The Hall–Kier alpha value is -0.900. The minimum absolute atomic E-state index is 0.199. The molecule has 0 aliphatic rings. The van der Waals surface area contributed by atoms with E-state index in [4.69, 9.17) is 0 Å². The fourth-order valence-corrected chi connectivity index (χ4v) is 2.22. The van der Waals surface area contributed by atoms with Crippen LogP contribution in [0.3, 0.4) is 0 Å². The second-order valence-corrected chi connectivity index (χ2v) is 8.27. The first-order chi connectivity index (χ1) is 9.66. The molecule has 0 unspecified atom stereocenters. The molecule has 0 aromatic carbocycles. The molecule has 0 radical (unpaired) electrons. The van der Waals surface area contributed by atoms with E-state index < -0.39 is 0 Å². The van der Waals surface area contributed by atoms with Gasteiger partial charge in [0.2, 0.25) is 0 Å². The fourth-order valence-electron chi connectivity index (χ4n) is 2.22. The summed E-state index contributed by atoms with van der Waals surface area (Å²) in [7, 11) is 0. The van der Waals surface area contributed by atoms with E-state index in [-0.39, 0.29) is 5.54 Å². The van der Waals surface area contributed by atoms with Gasteiger partial charge in [0.1, 0.15) is 0 Å². The van der Waals surface area contributed by atoms with Crippen LogP contribution in [0.2, 0.25) is 0 Å². The van der Waals surface area contributed by atoms with Gasteiger partial charge >= 0.3 is 0 Å². The lowest BCUT2D eigenvalue weighted by Crippen LogP contribution is -2.36. The van der Waals surface area contributed by atoms with E-state index in [1.807, 2.05) is 4.68 Å². The SMILES string of the molecule is CC(C)(C)CCCCn1cc(CCCNC(C)(C)C)nn1. The van der Waals surface area contributed by atoms with Crippen LogP contribution in [0.4, 0.5) is 0 Å². The van der Waals surface area contributed by atoms with Crippen molar-refractivity contribution >= 4 is 0 Å². The maximum absolute atomic E-state index is 4.26. The first-order valence-corrected chi connectivity index (χ1v) is 8.30. The number of aromatic nitrogens is 3. The van der Waals surface area contributed by atoms with Crippen molar-refractivity contribution in [1.82, 2.24) is 20.3 Å². The minimum atomic E-state index is 0.199. The molecule has 4 heteroatoms. The molecule has 0 bridgehead atoms. The molecule has 0 amide bonds. The second kappa shape index (κ2) is 7.92. The highest BCUT2D eigenvalue weighted by molar-refractivity contribution is 4.92. The van der Waals surface area contributed by atoms with Gasteiger partial charge < -0.3 is 5.32 Å². The smallest absolute Gasteiger partial charge is 0.0827 e. The van der Waals surface area contributed by atoms with Crippen LogP contribution < -0.4 is 5.32 Å². The van der Waals surface area contributed by atoms with Crippen LogP contribution in [-0.4, -0.2) is 27.1 Å². The molecular weight excluding hydrogens is 260 g/mol. The van der Waals surface area contributed by atoms with Gasteiger partial charge in [-0.05, 0) is 58.4 Å². The number of rotatable bonds is 8. The lowest BCUT2D eigenvalue weighted by molar-refractivity contribution is 0.352. The topological polar surface area (TPSA) is 42.7 Å². The standard InChI is InChI=1S/C17H34N4/c1-16(2,3)11-7-8-13-21-14-15(19-20-21)10-9-12-18-17(4,5)6/h14,18H,7-13H2,1-6H3. The fraction of sp³-hybridized carbons (Fsp3) is 0.882. The third-order valence-corrected chi connectivity index (χ3v) is 3.42. The summed E-state index contributed by atoms with van der Waals surface area (Å²) in [6, 6.07) is 0. The van der Waals surface area contributed by atoms with Gasteiger partial charge in [0.25, 0.3) is 0 Å². The molecule has 0 saturated heterocycles. The lowest BCUT2D eigenvalue weighted by atomic mass is 9.90. The molecule has 1 heterocycles. The van der Waals surface area contributed by atoms with Crippen LogP contribution in [0.1, 0.15) is 72.9 Å². The summed E-state index contributed by atoms with van der Waals surface area (Å²) in [5.74, 6) is 0. The van der Waals surface area contributed by atoms with Crippen LogP contribution in [0, 0.1) is 5.41 Å². The van der Waals surface area contributed by atoms with E-state index in [0.717, 1.165) is 31.6 Å². The maximum atomic E-state index is 4.26. The van der Waals surface area contributed by atoms with E-state index in [9.17, 15) is 0 Å². The Morgan fingerprint density at radius 3 is 2.38 bits per heavy atom. The molecule has 21 heavy (non-hydrogen) atoms.